The number of rotatable bonds is 8. The number of ether oxygens (including phenoxy) is 2. The summed E-state index contributed by atoms with van der Waals surface area (Å²) in [6.45, 7) is 2.57. The van der Waals surface area contributed by atoms with E-state index < -0.39 is 17.9 Å². The lowest BCUT2D eigenvalue weighted by atomic mass is 9.84. The van der Waals surface area contributed by atoms with Crippen LogP contribution in [0.15, 0.2) is 46.7 Å². The first-order valence-corrected chi connectivity index (χ1v) is 12.0. The summed E-state index contributed by atoms with van der Waals surface area (Å²) < 4.78 is 12.3. The molecule has 1 aliphatic heterocycles. The molecule has 4 rings (SSSR count). The van der Waals surface area contributed by atoms with E-state index in [2.05, 4.69) is 11.9 Å². The van der Waals surface area contributed by atoms with E-state index >= 15 is 0 Å². The molecule has 174 valence electrons. The van der Waals surface area contributed by atoms with Gasteiger partial charge in [-0.05, 0) is 30.5 Å². The molecule has 1 amide bonds. The molecule has 0 spiro atoms. The van der Waals surface area contributed by atoms with Gasteiger partial charge < -0.3 is 14.4 Å². The number of thiazole rings is 1. The summed E-state index contributed by atoms with van der Waals surface area (Å²) in [6, 6.07) is 8.44. The van der Waals surface area contributed by atoms with Crippen LogP contribution in [0, 0.1) is 5.92 Å². The van der Waals surface area contributed by atoms with Crippen LogP contribution in [-0.4, -0.2) is 39.8 Å². The number of likely N-dealkylation sites (tertiary alicyclic amines) is 1. The molecule has 1 aromatic carbocycles. The zero-order valence-electron chi connectivity index (χ0n) is 18.7. The third kappa shape index (κ3) is 4.93. The van der Waals surface area contributed by atoms with E-state index in [0.717, 1.165) is 18.4 Å². The number of benzene rings is 1. The average molecular weight is 470 g/mol. The van der Waals surface area contributed by atoms with Gasteiger partial charge in [0.1, 0.15) is 12.4 Å². The number of methoxy groups -OCH3 is 1. The van der Waals surface area contributed by atoms with E-state index in [0.29, 0.717) is 35.8 Å². The third-order valence-electron chi connectivity index (χ3n) is 5.94. The third-order valence-corrected chi connectivity index (χ3v) is 6.69. The van der Waals surface area contributed by atoms with Crippen molar-refractivity contribution >= 4 is 28.2 Å². The Morgan fingerprint density at radius 2 is 2.03 bits per heavy atom. The number of esters is 1. The molecule has 9 heteroatoms. The average Bonchev–Trinajstić information content (AvgIpc) is 3.31. The normalized spacial score (nSPS) is 18.5. The van der Waals surface area contributed by atoms with Gasteiger partial charge in [-0.2, -0.15) is 0 Å². The van der Waals surface area contributed by atoms with Crippen LogP contribution in [0.2, 0.25) is 0 Å². The summed E-state index contributed by atoms with van der Waals surface area (Å²) in [5.74, 6) is -0.134. The first kappa shape index (κ1) is 23.0. The molecule has 3 heterocycles. The van der Waals surface area contributed by atoms with E-state index in [1.54, 1.807) is 18.7 Å². The van der Waals surface area contributed by atoms with E-state index in [-0.39, 0.29) is 18.1 Å². The van der Waals surface area contributed by atoms with Gasteiger partial charge in [0.05, 0.1) is 24.8 Å². The lowest BCUT2D eigenvalue weighted by Crippen LogP contribution is -2.46. The Labute approximate surface area is 195 Å². The number of nitrogens with zero attached hydrogens (tertiary/aromatic N) is 3. The lowest BCUT2D eigenvalue weighted by Gasteiger charge is -2.40. The standard InChI is InChI=1S/C24H27N3O5S/c1-3-4-11-26-20(28)10-9-19(22(26)16-5-7-18(31-2)8-6-16)23(30)32-15-17-14-21(29)27-12-13-33-24(27)25-17/h5-8,12-14,19,22H,3-4,9-11,15H2,1-2H3. The number of fused-ring (bicyclic) bond motifs is 1. The summed E-state index contributed by atoms with van der Waals surface area (Å²) in [7, 11) is 1.60. The first-order chi connectivity index (χ1) is 16.0. The maximum absolute atomic E-state index is 13.2. The van der Waals surface area contributed by atoms with Crippen LogP contribution in [0.5, 0.6) is 5.75 Å². The molecule has 3 aromatic rings. The molecule has 2 unspecified atom stereocenters. The van der Waals surface area contributed by atoms with Gasteiger partial charge in [-0.15, -0.1) is 11.3 Å². The first-order valence-electron chi connectivity index (χ1n) is 11.1. The van der Waals surface area contributed by atoms with E-state index in [1.165, 1.54) is 21.8 Å². The number of unbranched alkanes of at least 4 members (excludes halogenated alkanes) is 1. The molecule has 33 heavy (non-hydrogen) atoms. The van der Waals surface area contributed by atoms with Crippen LogP contribution in [-0.2, 0) is 20.9 Å². The Morgan fingerprint density at radius 1 is 1.24 bits per heavy atom. The largest absolute Gasteiger partial charge is 0.497 e. The molecular weight excluding hydrogens is 442 g/mol. The molecular formula is C24H27N3O5S. The number of amides is 1. The zero-order chi connectivity index (χ0) is 23.4. The number of hydrogen-bond acceptors (Lipinski definition) is 7. The van der Waals surface area contributed by atoms with E-state index in [4.69, 9.17) is 9.47 Å². The minimum atomic E-state index is -0.500. The van der Waals surface area contributed by atoms with Gasteiger partial charge >= 0.3 is 5.97 Å². The van der Waals surface area contributed by atoms with Crippen molar-refractivity contribution in [3.63, 3.8) is 0 Å². The van der Waals surface area contributed by atoms with Crippen LogP contribution in [0.1, 0.15) is 49.9 Å². The van der Waals surface area contributed by atoms with Crippen molar-refractivity contribution < 1.29 is 19.1 Å². The second-order valence-electron chi connectivity index (χ2n) is 8.05. The number of carbonyl (C=O) groups is 2. The molecule has 2 aromatic heterocycles. The van der Waals surface area contributed by atoms with Gasteiger partial charge in [-0.1, -0.05) is 25.5 Å². The summed E-state index contributed by atoms with van der Waals surface area (Å²) in [4.78, 5) is 45.0. The highest BCUT2D eigenvalue weighted by atomic mass is 32.1. The van der Waals surface area contributed by atoms with Gasteiger partial charge in [0.25, 0.3) is 5.56 Å². The molecule has 0 bridgehead atoms. The highest BCUT2D eigenvalue weighted by Crippen LogP contribution is 2.38. The second kappa shape index (κ2) is 10.2. The van der Waals surface area contributed by atoms with Crippen LogP contribution >= 0.6 is 11.3 Å². The molecule has 2 atom stereocenters. The summed E-state index contributed by atoms with van der Waals surface area (Å²) in [5.41, 5.74) is 1.07. The number of carbonyl (C=O) groups excluding carboxylic acids is 2. The van der Waals surface area contributed by atoms with Crippen molar-refractivity contribution in [3.8, 4) is 5.75 Å². The minimum absolute atomic E-state index is 0.0474. The highest BCUT2D eigenvalue weighted by Gasteiger charge is 2.41. The lowest BCUT2D eigenvalue weighted by molar-refractivity contribution is -0.158. The van der Waals surface area contributed by atoms with Crippen LogP contribution in [0.3, 0.4) is 0 Å². The molecule has 0 saturated carbocycles. The smallest absolute Gasteiger partial charge is 0.311 e. The highest BCUT2D eigenvalue weighted by molar-refractivity contribution is 7.15. The predicted octanol–water partition coefficient (Wildman–Crippen LogP) is 3.59. The Kier molecular flexibility index (Phi) is 7.08. The summed E-state index contributed by atoms with van der Waals surface area (Å²) >= 11 is 1.34. The maximum Gasteiger partial charge on any atom is 0.311 e. The molecule has 1 aliphatic rings. The quantitative estimate of drug-likeness (QED) is 0.469. The molecule has 0 aliphatic carbocycles. The second-order valence-corrected chi connectivity index (χ2v) is 8.93. The SMILES string of the molecule is CCCCN1C(=O)CCC(C(=O)OCc2cc(=O)n3ccsc3n2)C1c1ccc(OC)cc1. The van der Waals surface area contributed by atoms with Gasteiger partial charge in [-0.3, -0.25) is 18.8 Å². The van der Waals surface area contributed by atoms with Crippen LogP contribution < -0.4 is 10.3 Å². The molecule has 1 fully saturated rings. The van der Waals surface area contributed by atoms with Gasteiger partial charge in [0.2, 0.25) is 5.91 Å². The molecule has 8 nitrogen and oxygen atoms in total. The van der Waals surface area contributed by atoms with Crippen molar-refractivity contribution in [3.05, 3.63) is 63.5 Å². The Morgan fingerprint density at radius 3 is 2.76 bits per heavy atom. The fourth-order valence-corrected chi connectivity index (χ4v) is 4.96. The number of aromatic nitrogens is 2. The van der Waals surface area contributed by atoms with Crippen molar-refractivity contribution in [2.45, 2.75) is 45.3 Å². The van der Waals surface area contributed by atoms with Crippen molar-refractivity contribution in [1.82, 2.24) is 14.3 Å². The summed E-state index contributed by atoms with van der Waals surface area (Å²) in [5, 5.41) is 1.78. The van der Waals surface area contributed by atoms with Gasteiger partial charge in [0, 0.05) is 30.6 Å². The fourth-order valence-electron chi connectivity index (χ4n) is 4.22. The van der Waals surface area contributed by atoms with Crippen molar-refractivity contribution in [2.24, 2.45) is 5.92 Å². The van der Waals surface area contributed by atoms with Crippen molar-refractivity contribution in [1.29, 1.82) is 0 Å². The fraction of sp³-hybridized carbons (Fsp3) is 0.417. The molecule has 0 radical (unpaired) electrons. The number of piperidine rings is 1. The van der Waals surface area contributed by atoms with Crippen molar-refractivity contribution in [2.75, 3.05) is 13.7 Å². The predicted molar refractivity (Wildman–Crippen MR) is 124 cm³/mol. The van der Waals surface area contributed by atoms with Gasteiger partial charge in [-0.25, -0.2) is 4.98 Å². The minimum Gasteiger partial charge on any atom is -0.497 e. The zero-order valence-corrected chi connectivity index (χ0v) is 19.5. The van der Waals surface area contributed by atoms with Crippen LogP contribution in [0.4, 0.5) is 0 Å². The Bertz CT molecular complexity index is 1190. The Hall–Kier alpha value is -3.20. The molecule has 1 saturated heterocycles. The topological polar surface area (TPSA) is 90.2 Å². The monoisotopic (exact) mass is 469 g/mol. The maximum atomic E-state index is 13.2. The van der Waals surface area contributed by atoms with E-state index in [1.807, 2.05) is 29.2 Å². The Balaban J connectivity index is 1.57. The van der Waals surface area contributed by atoms with Crippen LogP contribution in [0.25, 0.3) is 4.96 Å². The molecule has 0 N–H and O–H groups in total. The number of hydrogen-bond donors (Lipinski definition) is 0. The summed E-state index contributed by atoms with van der Waals surface area (Å²) in [6.07, 6.45) is 4.18. The van der Waals surface area contributed by atoms with E-state index in [9.17, 15) is 14.4 Å². The van der Waals surface area contributed by atoms with Gasteiger partial charge in [0.15, 0.2) is 4.96 Å².